The molecule has 5 nitrogen and oxygen atoms in total. The fourth-order valence-corrected chi connectivity index (χ4v) is 3.25. The number of carbonyl (C=O) groups excluding carboxylic acids is 2. The Bertz CT molecular complexity index is 1010. The van der Waals surface area contributed by atoms with Crippen molar-refractivity contribution in [2.24, 2.45) is 5.92 Å². The lowest BCUT2D eigenvalue weighted by atomic mass is 9.96. The van der Waals surface area contributed by atoms with Crippen LogP contribution in [0, 0.1) is 5.92 Å². The number of rotatable bonds is 7. The van der Waals surface area contributed by atoms with Crippen molar-refractivity contribution in [3.05, 3.63) is 77.9 Å². The molecule has 30 heavy (non-hydrogen) atoms. The Kier molecular flexibility index (Phi) is 7.07. The van der Waals surface area contributed by atoms with Crippen LogP contribution in [0.2, 0.25) is 0 Å². The quantitative estimate of drug-likeness (QED) is 0.575. The Morgan fingerprint density at radius 3 is 2.27 bits per heavy atom. The van der Waals surface area contributed by atoms with Crippen LogP contribution in [-0.2, 0) is 16.0 Å². The summed E-state index contributed by atoms with van der Waals surface area (Å²) in [5.41, 5.74) is 7.04. The van der Waals surface area contributed by atoms with Crippen molar-refractivity contribution in [2.75, 3.05) is 6.61 Å². The number of amides is 2. The Morgan fingerprint density at radius 1 is 0.867 bits per heavy atom. The molecule has 156 valence electrons. The molecule has 0 radical (unpaired) electrons. The van der Waals surface area contributed by atoms with Crippen molar-refractivity contribution in [1.29, 1.82) is 0 Å². The van der Waals surface area contributed by atoms with E-state index >= 15 is 0 Å². The minimum atomic E-state index is -0.420. The number of nitrogens with one attached hydrogen (secondary N) is 2. The number of fused-ring (bicyclic) bond motifs is 1. The van der Waals surface area contributed by atoms with E-state index in [1.165, 1.54) is 5.56 Å². The monoisotopic (exact) mass is 404 g/mol. The second-order valence-electron chi connectivity index (χ2n) is 7.90. The Balaban J connectivity index is 1.46. The van der Waals surface area contributed by atoms with Crippen LogP contribution in [-0.4, -0.2) is 18.4 Å². The molecule has 5 heteroatoms. The zero-order valence-corrected chi connectivity index (χ0v) is 17.6. The summed E-state index contributed by atoms with van der Waals surface area (Å²) in [5.74, 6) is 0.120. The number of carbonyl (C=O) groups is 2. The molecular weight excluding hydrogens is 376 g/mol. The fourth-order valence-electron chi connectivity index (χ4n) is 3.25. The second-order valence-corrected chi connectivity index (χ2v) is 7.90. The van der Waals surface area contributed by atoms with E-state index in [9.17, 15) is 9.59 Å². The van der Waals surface area contributed by atoms with Crippen molar-refractivity contribution in [3.63, 3.8) is 0 Å². The number of hydrogen-bond acceptors (Lipinski definition) is 3. The van der Waals surface area contributed by atoms with Gasteiger partial charge in [-0.1, -0.05) is 68.4 Å². The van der Waals surface area contributed by atoms with Crippen molar-refractivity contribution < 1.29 is 14.3 Å². The largest absolute Gasteiger partial charge is 0.484 e. The predicted octanol–water partition coefficient (Wildman–Crippen LogP) is 4.37. The Morgan fingerprint density at radius 2 is 1.57 bits per heavy atom. The molecular formula is C25H28N2O3. The molecule has 0 aromatic heterocycles. The summed E-state index contributed by atoms with van der Waals surface area (Å²) >= 11 is 0. The zero-order valence-electron chi connectivity index (χ0n) is 17.6. The summed E-state index contributed by atoms with van der Waals surface area (Å²) in [5, 5.41) is 2.14. The summed E-state index contributed by atoms with van der Waals surface area (Å²) in [6.45, 7) is 5.98. The molecule has 3 aromatic carbocycles. The standard InChI is InChI=1S/C25H28N2O3/c1-17(2)14-19-8-10-20(11-9-19)18(3)25(29)27-26-24(28)16-30-23-13-12-21-6-4-5-7-22(21)15-23/h4-13,15,17-18H,14,16H2,1-3H3,(H,26,28)(H,27,29). The normalized spacial score (nSPS) is 11.9. The van der Waals surface area contributed by atoms with Gasteiger partial charge in [-0.05, 0) is 53.3 Å². The van der Waals surface area contributed by atoms with E-state index in [0.29, 0.717) is 11.7 Å². The van der Waals surface area contributed by atoms with Crippen molar-refractivity contribution in [1.82, 2.24) is 10.9 Å². The van der Waals surface area contributed by atoms with Crippen LogP contribution in [0.5, 0.6) is 5.75 Å². The van der Waals surface area contributed by atoms with Crippen molar-refractivity contribution in [2.45, 2.75) is 33.1 Å². The van der Waals surface area contributed by atoms with E-state index in [0.717, 1.165) is 22.8 Å². The van der Waals surface area contributed by atoms with Crippen LogP contribution in [0.1, 0.15) is 37.8 Å². The van der Waals surface area contributed by atoms with E-state index in [2.05, 4.69) is 36.8 Å². The van der Waals surface area contributed by atoms with E-state index in [1.807, 2.05) is 61.5 Å². The maximum Gasteiger partial charge on any atom is 0.276 e. The second kappa shape index (κ2) is 9.92. The van der Waals surface area contributed by atoms with Crippen molar-refractivity contribution in [3.8, 4) is 5.75 Å². The average molecular weight is 405 g/mol. The van der Waals surface area contributed by atoms with Gasteiger partial charge in [-0.25, -0.2) is 0 Å². The van der Waals surface area contributed by atoms with Gasteiger partial charge in [0.05, 0.1) is 5.92 Å². The van der Waals surface area contributed by atoms with E-state index in [1.54, 1.807) is 0 Å². The average Bonchev–Trinajstić information content (AvgIpc) is 2.75. The van der Waals surface area contributed by atoms with E-state index in [-0.39, 0.29) is 18.4 Å². The molecule has 0 saturated heterocycles. The molecule has 1 unspecified atom stereocenters. The maximum absolute atomic E-state index is 12.4. The third-order valence-corrected chi connectivity index (χ3v) is 4.93. The van der Waals surface area contributed by atoms with Crippen molar-refractivity contribution >= 4 is 22.6 Å². The molecule has 0 spiro atoms. The van der Waals surface area contributed by atoms with Crippen LogP contribution < -0.4 is 15.6 Å². The first-order valence-electron chi connectivity index (χ1n) is 10.2. The predicted molar refractivity (Wildman–Crippen MR) is 119 cm³/mol. The summed E-state index contributed by atoms with van der Waals surface area (Å²) in [7, 11) is 0. The van der Waals surface area contributed by atoms with Gasteiger partial charge in [-0.3, -0.25) is 20.4 Å². The van der Waals surface area contributed by atoms with Crippen LogP contribution in [0.4, 0.5) is 0 Å². The first kappa shape index (κ1) is 21.4. The molecule has 0 saturated carbocycles. The highest BCUT2D eigenvalue weighted by atomic mass is 16.5. The van der Waals surface area contributed by atoms with Gasteiger partial charge in [0.2, 0.25) is 5.91 Å². The highest BCUT2D eigenvalue weighted by molar-refractivity contribution is 5.87. The number of hydrogen-bond donors (Lipinski definition) is 2. The molecule has 2 N–H and O–H groups in total. The van der Waals surface area contributed by atoms with Crippen LogP contribution >= 0.6 is 0 Å². The third-order valence-electron chi connectivity index (χ3n) is 4.93. The van der Waals surface area contributed by atoms with Gasteiger partial charge in [-0.2, -0.15) is 0 Å². The van der Waals surface area contributed by atoms with Gasteiger partial charge in [0.1, 0.15) is 5.75 Å². The molecule has 0 aliphatic heterocycles. The first-order valence-corrected chi connectivity index (χ1v) is 10.2. The molecule has 3 rings (SSSR count). The molecule has 0 aliphatic rings. The molecule has 0 bridgehead atoms. The van der Waals surface area contributed by atoms with E-state index in [4.69, 9.17) is 4.74 Å². The lowest BCUT2D eigenvalue weighted by Gasteiger charge is -2.14. The van der Waals surface area contributed by atoms with Crippen LogP contribution in [0.3, 0.4) is 0 Å². The van der Waals surface area contributed by atoms with Gasteiger partial charge in [0, 0.05) is 0 Å². The van der Waals surface area contributed by atoms with Gasteiger partial charge < -0.3 is 4.74 Å². The molecule has 0 fully saturated rings. The number of benzene rings is 3. The van der Waals surface area contributed by atoms with Gasteiger partial charge in [0.15, 0.2) is 6.61 Å². The maximum atomic E-state index is 12.4. The molecule has 3 aromatic rings. The third kappa shape index (κ3) is 5.83. The minimum absolute atomic E-state index is 0.184. The molecule has 2 amide bonds. The molecule has 1 atom stereocenters. The Hall–Kier alpha value is -3.34. The summed E-state index contributed by atoms with van der Waals surface area (Å²) in [6, 6.07) is 21.6. The smallest absolute Gasteiger partial charge is 0.276 e. The summed E-state index contributed by atoms with van der Waals surface area (Å²) < 4.78 is 5.53. The molecule has 0 aliphatic carbocycles. The van der Waals surface area contributed by atoms with E-state index < -0.39 is 5.91 Å². The minimum Gasteiger partial charge on any atom is -0.484 e. The lowest BCUT2D eigenvalue weighted by molar-refractivity contribution is -0.130. The first-order chi connectivity index (χ1) is 14.4. The van der Waals surface area contributed by atoms with Crippen LogP contribution in [0.25, 0.3) is 10.8 Å². The molecule has 0 heterocycles. The summed E-state index contributed by atoms with van der Waals surface area (Å²) in [4.78, 5) is 24.4. The lowest BCUT2D eigenvalue weighted by Crippen LogP contribution is -2.45. The SMILES string of the molecule is CC(C)Cc1ccc(C(C)C(=O)NNC(=O)COc2ccc3ccccc3c2)cc1. The fraction of sp³-hybridized carbons (Fsp3) is 0.280. The van der Waals surface area contributed by atoms with Gasteiger partial charge >= 0.3 is 0 Å². The topological polar surface area (TPSA) is 67.4 Å². The van der Waals surface area contributed by atoms with Gasteiger partial charge in [0.25, 0.3) is 5.91 Å². The van der Waals surface area contributed by atoms with Gasteiger partial charge in [-0.15, -0.1) is 0 Å². The zero-order chi connectivity index (χ0) is 21.5. The van der Waals surface area contributed by atoms with Crippen LogP contribution in [0.15, 0.2) is 66.7 Å². The summed E-state index contributed by atoms with van der Waals surface area (Å²) in [6.07, 6.45) is 1.01. The highest BCUT2D eigenvalue weighted by Crippen LogP contribution is 2.20. The number of hydrazine groups is 1. The highest BCUT2D eigenvalue weighted by Gasteiger charge is 2.16. The number of ether oxygens (including phenoxy) is 1. The Labute approximate surface area is 177 Å².